The Morgan fingerprint density at radius 2 is 2.04 bits per heavy atom. The molecule has 4 rings (SSSR count). The number of hydrogen-bond acceptors (Lipinski definition) is 3. The summed E-state index contributed by atoms with van der Waals surface area (Å²) in [4.78, 5) is 19.7. The van der Waals surface area contributed by atoms with Crippen LogP contribution in [0.25, 0.3) is 5.82 Å². The summed E-state index contributed by atoms with van der Waals surface area (Å²) >= 11 is 0. The quantitative estimate of drug-likeness (QED) is 0.739. The lowest BCUT2D eigenvalue weighted by atomic mass is 9.98. The standard InChI is InChI=1S/C19H21N5O/c1-22-12-5-9-16(22)17-8-2-3-13-23(17)19(25)15-7-4-10-18(21-15)24-14-6-11-20-24/h4-7,9-12,14,17H,2-3,8,13H2,1H3/t17-/m0/s1. The van der Waals surface area contributed by atoms with Crippen LogP contribution in [0.5, 0.6) is 0 Å². The van der Waals surface area contributed by atoms with Gasteiger partial charge in [-0.1, -0.05) is 6.07 Å². The zero-order valence-electron chi connectivity index (χ0n) is 14.2. The van der Waals surface area contributed by atoms with Crippen molar-refractivity contribution in [2.45, 2.75) is 25.3 Å². The van der Waals surface area contributed by atoms with E-state index >= 15 is 0 Å². The molecule has 1 saturated heterocycles. The molecule has 0 aromatic carbocycles. The Balaban J connectivity index is 1.65. The maximum atomic E-state index is 13.2. The highest BCUT2D eigenvalue weighted by Crippen LogP contribution is 2.32. The van der Waals surface area contributed by atoms with Crippen LogP contribution in [0.3, 0.4) is 0 Å². The smallest absolute Gasteiger partial charge is 0.273 e. The van der Waals surface area contributed by atoms with Crippen LogP contribution in [0.1, 0.15) is 41.5 Å². The first-order chi connectivity index (χ1) is 12.2. The first-order valence-electron chi connectivity index (χ1n) is 8.63. The minimum Gasteiger partial charge on any atom is -0.353 e. The van der Waals surface area contributed by atoms with Gasteiger partial charge in [-0.2, -0.15) is 5.10 Å². The molecule has 0 bridgehead atoms. The minimum absolute atomic E-state index is 0.0140. The first-order valence-corrected chi connectivity index (χ1v) is 8.63. The number of rotatable bonds is 3. The molecule has 0 unspecified atom stereocenters. The first kappa shape index (κ1) is 15.6. The number of pyridine rings is 1. The summed E-state index contributed by atoms with van der Waals surface area (Å²) in [6.45, 7) is 0.766. The Morgan fingerprint density at radius 3 is 2.80 bits per heavy atom. The highest BCUT2D eigenvalue weighted by atomic mass is 16.2. The van der Waals surface area contributed by atoms with E-state index in [1.807, 2.05) is 48.6 Å². The van der Waals surface area contributed by atoms with E-state index in [1.54, 1.807) is 16.9 Å². The SMILES string of the molecule is Cn1cccc1[C@@H]1CCCCN1C(=O)c1cccc(-n2cccn2)n1. The average Bonchev–Trinajstić information content (AvgIpc) is 3.33. The second-order valence-corrected chi connectivity index (χ2v) is 6.39. The molecule has 25 heavy (non-hydrogen) atoms. The fourth-order valence-electron chi connectivity index (χ4n) is 3.52. The molecule has 1 amide bonds. The van der Waals surface area contributed by atoms with E-state index in [0.717, 1.165) is 25.8 Å². The topological polar surface area (TPSA) is 56.0 Å². The van der Waals surface area contributed by atoms with Gasteiger partial charge in [-0.05, 0) is 49.6 Å². The zero-order chi connectivity index (χ0) is 17.2. The Morgan fingerprint density at radius 1 is 1.12 bits per heavy atom. The van der Waals surface area contributed by atoms with Gasteiger partial charge in [0.2, 0.25) is 0 Å². The third-order valence-corrected chi connectivity index (χ3v) is 4.78. The number of piperidine rings is 1. The van der Waals surface area contributed by atoms with Gasteiger partial charge < -0.3 is 9.47 Å². The highest BCUT2D eigenvalue weighted by Gasteiger charge is 2.30. The molecule has 0 aliphatic carbocycles. The third-order valence-electron chi connectivity index (χ3n) is 4.78. The van der Waals surface area contributed by atoms with Crippen LogP contribution in [0, 0.1) is 0 Å². The Hall–Kier alpha value is -2.89. The van der Waals surface area contributed by atoms with Gasteiger partial charge in [0.25, 0.3) is 5.91 Å². The number of hydrogen-bond donors (Lipinski definition) is 0. The fourth-order valence-corrected chi connectivity index (χ4v) is 3.52. The highest BCUT2D eigenvalue weighted by molar-refractivity contribution is 5.92. The lowest BCUT2D eigenvalue weighted by molar-refractivity contribution is 0.0596. The van der Waals surface area contributed by atoms with Crippen LogP contribution >= 0.6 is 0 Å². The summed E-state index contributed by atoms with van der Waals surface area (Å²) in [5.74, 6) is 0.642. The number of aryl methyl sites for hydroxylation is 1. The molecule has 4 heterocycles. The second kappa shape index (κ2) is 6.55. The van der Waals surface area contributed by atoms with Crippen molar-refractivity contribution in [3.8, 4) is 5.82 Å². The molecule has 1 fully saturated rings. The van der Waals surface area contributed by atoms with E-state index in [9.17, 15) is 4.79 Å². The molecule has 3 aromatic heterocycles. The van der Waals surface area contributed by atoms with Crippen LogP contribution in [0.15, 0.2) is 55.0 Å². The van der Waals surface area contributed by atoms with E-state index in [0.29, 0.717) is 11.5 Å². The number of carbonyl (C=O) groups is 1. The lowest BCUT2D eigenvalue weighted by Crippen LogP contribution is -2.39. The van der Waals surface area contributed by atoms with Crippen molar-refractivity contribution >= 4 is 5.91 Å². The zero-order valence-corrected chi connectivity index (χ0v) is 14.2. The number of carbonyl (C=O) groups excluding carboxylic acids is 1. The molecular formula is C19H21N5O. The number of aromatic nitrogens is 4. The molecular weight excluding hydrogens is 314 g/mol. The van der Waals surface area contributed by atoms with Crippen molar-refractivity contribution in [1.29, 1.82) is 0 Å². The van der Waals surface area contributed by atoms with Crippen LogP contribution in [-0.2, 0) is 7.05 Å². The summed E-state index contributed by atoms with van der Waals surface area (Å²) < 4.78 is 3.77. The van der Waals surface area contributed by atoms with Gasteiger partial charge in [0.15, 0.2) is 5.82 Å². The maximum Gasteiger partial charge on any atom is 0.273 e. The Labute approximate surface area is 146 Å². The molecule has 0 N–H and O–H groups in total. The predicted octanol–water partition coefficient (Wildman–Crippen LogP) is 2.97. The second-order valence-electron chi connectivity index (χ2n) is 6.39. The summed E-state index contributed by atoms with van der Waals surface area (Å²) in [6.07, 6.45) is 8.72. The number of amides is 1. The largest absolute Gasteiger partial charge is 0.353 e. The molecule has 128 valence electrons. The maximum absolute atomic E-state index is 13.2. The van der Waals surface area contributed by atoms with Gasteiger partial charge >= 0.3 is 0 Å². The van der Waals surface area contributed by atoms with Gasteiger partial charge in [-0.3, -0.25) is 4.79 Å². The lowest BCUT2D eigenvalue weighted by Gasteiger charge is -2.36. The molecule has 6 heteroatoms. The number of nitrogens with zero attached hydrogens (tertiary/aromatic N) is 5. The van der Waals surface area contributed by atoms with Gasteiger partial charge in [-0.15, -0.1) is 0 Å². The van der Waals surface area contributed by atoms with Gasteiger partial charge in [0, 0.05) is 37.9 Å². The van der Waals surface area contributed by atoms with Crippen molar-refractivity contribution in [2.75, 3.05) is 6.54 Å². The summed E-state index contributed by atoms with van der Waals surface area (Å²) in [7, 11) is 2.03. The van der Waals surface area contributed by atoms with Crippen LogP contribution < -0.4 is 0 Å². The number of likely N-dealkylation sites (tertiary alicyclic amines) is 1. The molecule has 3 aromatic rings. The van der Waals surface area contributed by atoms with Crippen molar-refractivity contribution in [3.05, 3.63) is 66.4 Å². The summed E-state index contributed by atoms with van der Waals surface area (Å²) in [5, 5.41) is 4.19. The molecule has 0 spiro atoms. The van der Waals surface area contributed by atoms with Crippen molar-refractivity contribution < 1.29 is 4.79 Å². The molecule has 0 saturated carbocycles. The van der Waals surface area contributed by atoms with Crippen LogP contribution in [-0.4, -0.2) is 36.7 Å². The van der Waals surface area contributed by atoms with E-state index in [1.165, 1.54) is 5.69 Å². The molecule has 1 atom stereocenters. The Bertz CT molecular complexity index is 868. The average molecular weight is 335 g/mol. The Kier molecular flexibility index (Phi) is 4.09. The molecule has 1 aliphatic rings. The minimum atomic E-state index is -0.0140. The van der Waals surface area contributed by atoms with Gasteiger partial charge in [-0.25, -0.2) is 9.67 Å². The monoisotopic (exact) mass is 335 g/mol. The molecule has 1 aliphatic heterocycles. The molecule has 0 radical (unpaired) electrons. The third kappa shape index (κ3) is 2.95. The van der Waals surface area contributed by atoms with Crippen LogP contribution in [0.2, 0.25) is 0 Å². The molecule has 6 nitrogen and oxygen atoms in total. The van der Waals surface area contributed by atoms with Crippen LogP contribution in [0.4, 0.5) is 0 Å². The summed E-state index contributed by atoms with van der Waals surface area (Å²) in [5.41, 5.74) is 1.64. The summed E-state index contributed by atoms with van der Waals surface area (Å²) in [6, 6.07) is 11.6. The van der Waals surface area contributed by atoms with Gasteiger partial charge in [0.05, 0.1) is 6.04 Å². The fraction of sp³-hybridized carbons (Fsp3) is 0.316. The van der Waals surface area contributed by atoms with E-state index in [-0.39, 0.29) is 11.9 Å². The van der Waals surface area contributed by atoms with E-state index < -0.39 is 0 Å². The van der Waals surface area contributed by atoms with Gasteiger partial charge in [0.1, 0.15) is 5.69 Å². The normalized spacial score (nSPS) is 17.6. The van der Waals surface area contributed by atoms with E-state index in [4.69, 9.17) is 0 Å². The van der Waals surface area contributed by atoms with Crippen molar-refractivity contribution in [2.24, 2.45) is 7.05 Å². The van der Waals surface area contributed by atoms with Crippen molar-refractivity contribution in [1.82, 2.24) is 24.2 Å². The van der Waals surface area contributed by atoms with E-state index in [2.05, 4.69) is 20.7 Å². The van der Waals surface area contributed by atoms with Crippen molar-refractivity contribution in [3.63, 3.8) is 0 Å². The predicted molar refractivity (Wildman–Crippen MR) is 94.4 cm³/mol.